The minimum absolute atomic E-state index is 0.238. The highest BCUT2D eigenvalue weighted by Crippen LogP contribution is 2.25. The first kappa shape index (κ1) is 17.3. The first-order chi connectivity index (χ1) is 9.63. The lowest BCUT2D eigenvalue weighted by Crippen LogP contribution is -2.38. The molecule has 0 radical (unpaired) electrons. The van der Waals surface area contributed by atoms with Gasteiger partial charge in [0.1, 0.15) is 5.75 Å². The number of rotatable bonds is 9. The van der Waals surface area contributed by atoms with Gasteiger partial charge in [0.25, 0.3) is 0 Å². The molecule has 1 aromatic carbocycles. The monoisotopic (exact) mass is 296 g/mol. The first-order valence-electron chi connectivity index (χ1n) is 7.27. The molecule has 1 rings (SSSR count). The Morgan fingerprint density at radius 3 is 2.75 bits per heavy atom. The van der Waals surface area contributed by atoms with Crippen molar-refractivity contribution >= 4 is 11.8 Å². The lowest BCUT2D eigenvalue weighted by molar-refractivity contribution is 0.203. The molecule has 0 aliphatic heterocycles. The normalized spacial score (nSPS) is 14.3. The van der Waals surface area contributed by atoms with Crippen LogP contribution in [0.4, 0.5) is 0 Å². The second-order valence-electron chi connectivity index (χ2n) is 5.14. The summed E-state index contributed by atoms with van der Waals surface area (Å²) in [5.41, 5.74) is 7.23. The van der Waals surface area contributed by atoms with Gasteiger partial charge in [0.05, 0.1) is 6.61 Å². The number of ether oxygens (including phenoxy) is 1. The van der Waals surface area contributed by atoms with Crippen LogP contribution in [0.25, 0.3) is 0 Å². The van der Waals surface area contributed by atoms with Gasteiger partial charge in [-0.25, -0.2) is 0 Å². The molecule has 2 unspecified atom stereocenters. The Morgan fingerprint density at radius 2 is 2.15 bits per heavy atom. The predicted molar refractivity (Wildman–Crippen MR) is 89.6 cm³/mol. The number of nitrogens with two attached hydrogens (primary N) is 1. The molecule has 0 aromatic heterocycles. The molecule has 0 fully saturated rings. The summed E-state index contributed by atoms with van der Waals surface area (Å²) >= 11 is 1.87. The van der Waals surface area contributed by atoms with Crippen molar-refractivity contribution in [2.45, 2.75) is 32.4 Å². The summed E-state index contributed by atoms with van der Waals surface area (Å²) in [7, 11) is 2.15. The first-order valence-corrected chi connectivity index (χ1v) is 8.67. The highest BCUT2D eigenvalue weighted by atomic mass is 32.2. The van der Waals surface area contributed by atoms with Crippen LogP contribution in [-0.4, -0.2) is 43.1 Å². The number of thioether (sulfide) groups is 1. The van der Waals surface area contributed by atoms with Crippen molar-refractivity contribution in [1.82, 2.24) is 4.90 Å². The molecule has 114 valence electrons. The molecule has 0 amide bonds. The number of likely N-dealkylation sites (N-methyl/N-ethyl adjacent to an activating group) is 1. The van der Waals surface area contributed by atoms with E-state index in [9.17, 15) is 0 Å². The Balaban J connectivity index is 2.83. The van der Waals surface area contributed by atoms with Gasteiger partial charge in [-0.15, -0.1) is 0 Å². The van der Waals surface area contributed by atoms with Gasteiger partial charge in [0, 0.05) is 24.4 Å². The lowest BCUT2D eigenvalue weighted by atomic mass is 10.0. The number of hydrogen-bond donors (Lipinski definition) is 1. The Hall–Kier alpha value is -0.710. The summed E-state index contributed by atoms with van der Waals surface area (Å²) in [5.74, 6) is 2.05. The molecular formula is C16H28N2OS. The standard InChI is InChI=1S/C16H28N2OS/c1-5-9-19-15-8-6-7-14(10-15)16(11-17)18(3)13(2)12-20-4/h6-8,10,13,16H,5,9,11-12,17H2,1-4H3. The zero-order valence-corrected chi connectivity index (χ0v) is 14.0. The minimum Gasteiger partial charge on any atom is -0.494 e. The molecule has 2 atom stereocenters. The van der Waals surface area contributed by atoms with E-state index in [1.807, 2.05) is 17.8 Å². The smallest absolute Gasteiger partial charge is 0.119 e. The number of nitrogens with zero attached hydrogens (tertiary/aromatic N) is 1. The second-order valence-corrected chi connectivity index (χ2v) is 6.05. The van der Waals surface area contributed by atoms with Gasteiger partial charge in [-0.1, -0.05) is 19.1 Å². The summed E-state index contributed by atoms with van der Waals surface area (Å²) < 4.78 is 5.71. The van der Waals surface area contributed by atoms with Crippen molar-refractivity contribution in [2.24, 2.45) is 5.73 Å². The molecule has 20 heavy (non-hydrogen) atoms. The average Bonchev–Trinajstić information content (AvgIpc) is 2.46. The summed E-state index contributed by atoms with van der Waals surface area (Å²) in [6.07, 6.45) is 3.16. The zero-order chi connectivity index (χ0) is 15.0. The third-order valence-electron chi connectivity index (χ3n) is 3.53. The van der Waals surface area contributed by atoms with E-state index in [0.717, 1.165) is 24.5 Å². The van der Waals surface area contributed by atoms with Gasteiger partial charge >= 0.3 is 0 Å². The summed E-state index contributed by atoms with van der Waals surface area (Å²) in [6.45, 7) is 5.74. The van der Waals surface area contributed by atoms with E-state index >= 15 is 0 Å². The van der Waals surface area contributed by atoms with E-state index in [4.69, 9.17) is 10.5 Å². The van der Waals surface area contributed by atoms with Crippen LogP contribution in [0.15, 0.2) is 24.3 Å². The average molecular weight is 296 g/mol. The van der Waals surface area contributed by atoms with Crippen LogP contribution in [0, 0.1) is 0 Å². The number of benzene rings is 1. The van der Waals surface area contributed by atoms with Gasteiger partial charge in [0.2, 0.25) is 0 Å². The third-order valence-corrected chi connectivity index (χ3v) is 4.35. The highest BCUT2D eigenvalue weighted by Gasteiger charge is 2.20. The van der Waals surface area contributed by atoms with E-state index in [1.54, 1.807) is 0 Å². The van der Waals surface area contributed by atoms with Crippen molar-refractivity contribution in [2.75, 3.05) is 32.2 Å². The van der Waals surface area contributed by atoms with Crippen LogP contribution >= 0.6 is 11.8 Å². The van der Waals surface area contributed by atoms with E-state index in [2.05, 4.69) is 50.2 Å². The van der Waals surface area contributed by atoms with Crippen molar-refractivity contribution in [1.29, 1.82) is 0 Å². The fourth-order valence-corrected chi connectivity index (χ4v) is 2.95. The van der Waals surface area contributed by atoms with Crippen LogP contribution in [0.5, 0.6) is 5.75 Å². The quantitative estimate of drug-likeness (QED) is 0.760. The maximum absolute atomic E-state index is 6.00. The van der Waals surface area contributed by atoms with Gasteiger partial charge < -0.3 is 10.5 Å². The highest BCUT2D eigenvalue weighted by molar-refractivity contribution is 7.98. The fraction of sp³-hybridized carbons (Fsp3) is 0.625. The van der Waals surface area contributed by atoms with Crippen molar-refractivity contribution in [3.63, 3.8) is 0 Å². The molecule has 0 saturated carbocycles. The molecule has 0 saturated heterocycles. The van der Waals surface area contributed by atoms with Crippen LogP contribution < -0.4 is 10.5 Å². The van der Waals surface area contributed by atoms with Crippen LogP contribution in [0.3, 0.4) is 0 Å². The van der Waals surface area contributed by atoms with E-state index in [1.165, 1.54) is 5.56 Å². The topological polar surface area (TPSA) is 38.5 Å². The SMILES string of the molecule is CCCOc1cccc(C(CN)N(C)C(C)CSC)c1. The third kappa shape index (κ3) is 5.00. The van der Waals surface area contributed by atoms with Crippen molar-refractivity contribution in [3.8, 4) is 5.75 Å². The van der Waals surface area contributed by atoms with Crippen LogP contribution in [0.2, 0.25) is 0 Å². The maximum atomic E-state index is 6.00. The molecule has 3 nitrogen and oxygen atoms in total. The predicted octanol–water partition coefficient (Wildman–Crippen LogP) is 3.16. The summed E-state index contributed by atoms with van der Waals surface area (Å²) in [6, 6.07) is 9.06. The Bertz CT molecular complexity index is 386. The summed E-state index contributed by atoms with van der Waals surface area (Å²) in [5, 5.41) is 0. The van der Waals surface area contributed by atoms with Gasteiger partial charge in [0.15, 0.2) is 0 Å². The zero-order valence-electron chi connectivity index (χ0n) is 13.1. The van der Waals surface area contributed by atoms with Gasteiger partial charge in [-0.2, -0.15) is 11.8 Å². The molecule has 0 bridgehead atoms. The van der Waals surface area contributed by atoms with E-state index < -0.39 is 0 Å². The van der Waals surface area contributed by atoms with Gasteiger partial charge in [-0.05, 0) is 44.3 Å². The van der Waals surface area contributed by atoms with Crippen molar-refractivity contribution in [3.05, 3.63) is 29.8 Å². The van der Waals surface area contributed by atoms with Crippen molar-refractivity contribution < 1.29 is 4.74 Å². The molecule has 2 N–H and O–H groups in total. The maximum Gasteiger partial charge on any atom is 0.119 e. The lowest BCUT2D eigenvalue weighted by Gasteiger charge is -2.32. The van der Waals surface area contributed by atoms with E-state index in [-0.39, 0.29) is 6.04 Å². The molecule has 0 heterocycles. The minimum atomic E-state index is 0.238. The molecule has 1 aromatic rings. The largest absolute Gasteiger partial charge is 0.494 e. The molecule has 0 aliphatic carbocycles. The van der Waals surface area contributed by atoms with Gasteiger partial charge in [-0.3, -0.25) is 4.90 Å². The molecule has 4 heteroatoms. The van der Waals surface area contributed by atoms with E-state index in [0.29, 0.717) is 12.6 Å². The van der Waals surface area contributed by atoms with Crippen LogP contribution in [-0.2, 0) is 0 Å². The fourth-order valence-electron chi connectivity index (χ4n) is 2.23. The molecule has 0 aliphatic rings. The number of hydrogen-bond acceptors (Lipinski definition) is 4. The second kappa shape index (κ2) is 9.27. The Morgan fingerprint density at radius 1 is 1.40 bits per heavy atom. The van der Waals surface area contributed by atoms with Crippen LogP contribution in [0.1, 0.15) is 31.9 Å². The summed E-state index contributed by atoms with van der Waals surface area (Å²) in [4.78, 5) is 2.36. The Labute approximate surface area is 127 Å². The Kier molecular flexibility index (Phi) is 8.04. The molecular weight excluding hydrogens is 268 g/mol. The molecule has 0 spiro atoms.